The van der Waals surface area contributed by atoms with Crippen molar-refractivity contribution in [3.63, 3.8) is 0 Å². The van der Waals surface area contributed by atoms with Gasteiger partial charge in [-0.05, 0) is 53.0 Å². The Hall–Kier alpha value is -2.70. The summed E-state index contributed by atoms with van der Waals surface area (Å²) in [6.45, 7) is 7.75. The van der Waals surface area contributed by atoms with Crippen molar-refractivity contribution in [2.75, 3.05) is 0 Å². The van der Waals surface area contributed by atoms with Crippen molar-refractivity contribution in [3.05, 3.63) is 40.3 Å². The average Bonchev–Trinajstić information content (AvgIpc) is 2.68. The van der Waals surface area contributed by atoms with Gasteiger partial charge in [-0.25, -0.2) is 9.48 Å². The molecule has 0 spiro atoms. The molecule has 1 aromatic carbocycles. The molecule has 0 radical (unpaired) electrons. The van der Waals surface area contributed by atoms with Gasteiger partial charge < -0.3 is 9.64 Å². The summed E-state index contributed by atoms with van der Waals surface area (Å²) in [5.74, 6) is -0.891. The number of nitrogens with zero attached hydrogens (tertiary/aromatic N) is 3. The van der Waals surface area contributed by atoms with Gasteiger partial charge in [-0.3, -0.25) is 9.59 Å². The van der Waals surface area contributed by atoms with E-state index in [1.807, 2.05) is 18.7 Å². The number of fused-ring (bicyclic) bond motifs is 1. The molecule has 0 N–H and O–H groups in total. The Kier molecular flexibility index (Phi) is 5.82. The number of rotatable bonds is 4. The third kappa shape index (κ3) is 3.66. The maximum Gasteiger partial charge on any atom is 0.360 e. The number of benzene rings is 1. The van der Waals surface area contributed by atoms with Crippen molar-refractivity contribution in [2.24, 2.45) is 0 Å². The van der Waals surface area contributed by atoms with Crippen molar-refractivity contribution in [3.8, 4) is 0 Å². The number of hydrogen-bond acceptors (Lipinski definition) is 5. The molecule has 0 unspecified atom stereocenters. The van der Waals surface area contributed by atoms with Gasteiger partial charge in [0.05, 0.1) is 5.39 Å². The first kappa shape index (κ1) is 20.0. The molecule has 7 heteroatoms. The number of carbonyl (C=O) groups is 2. The summed E-state index contributed by atoms with van der Waals surface area (Å²) in [6.07, 6.45) is 2.07. The van der Waals surface area contributed by atoms with E-state index in [1.165, 1.54) is 4.68 Å². The first-order valence-electron chi connectivity index (χ1n) is 9.88. The molecule has 0 saturated carbocycles. The van der Waals surface area contributed by atoms with Crippen LogP contribution in [0.2, 0.25) is 0 Å². The van der Waals surface area contributed by atoms with Gasteiger partial charge in [0, 0.05) is 24.0 Å². The van der Waals surface area contributed by atoms with Gasteiger partial charge in [0.15, 0.2) is 11.8 Å². The normalized spacial score (nSPS) is 20.8. The van der Waals surface area contributed by atoms with Crippen molar-refractivity contribution in [1.82, 2.24) is 14.7 Å². The molecule has 1 aliphatic rings. The van der Waals surface area contributed by atoms with Crippen LogP contribution in [-0.2, 0) is 16.1 Å². The lowest BCUT2D eigenvalue weighted by Gasteiger charge is -2.40. The summed E-state index contributed by atoms with van der Waals surface area (Å²) in [4.78, 5) is 40.0. The molecule has 1 saturated heterocycles. The van der Waals surface area contributed by atoms with E-state index in [1.54, 1.807) is 38.1 Å². The van der Waals surface area contributed by atoms with E-state index in [9.17, 15) is 14.4 Å². The fraction of sp³-hybridized carbons (Fsp3) is 0.524. The molecule has 28 heavy (non-hydrogen) atoms. The topological polar surface area (TPSA) is 81.5 Å². The summed E-state index contributed by atoms with van der Waals surface area (Å²) in [5.41, 5.74) is -0.203. The third-order valence-corrected chi connectivity index (χ3v) is 5.44. The Morgan fingerprint density at radius 1 is 1.18 bits per heavy atom. The second kappa shape index (κ2) is 8.12. The predicted octanol–water partition coefficient (Wildman–Crippen LogP) is 2.75. The van der Waals surface area contributed by atoms with Crippen molar-refractivity contribution < 1.29 is 14.3 Å². The van der Waals surface area contributed by atoms with E-state index < -0.39 is 12.1 Å². The van der Waals surface area contributed by atoms with E-state index in [0.717, 1.165) is 19.3 Å². The minimum Gasteiger partial charge on any atom is -0.448 e. The van der Waals surface area contributed by atoms with Gasteiger partial charge in [-0.15, -0.1) is 0 Å². The standard InChI is InChI=1S/C21H27N3O4/c1-5-23-20(26)17-12-7-6-11-16(17)18(22-23)21(27)28-15(4)19(25)24-13(2)9-8-10-14(24)3/h6-7,11-15H,5,8-10H2,1-4H3/t13-,14-,15+/m0/s1. The predicted molar refractivity (Wildman–Crippen MR) is 106 cm³/mol. The van der Waals surface area contributed by atoms with E-state index in [0.29, 0.717) is 17.3 Å². The van der Waals surface area contributed by atoms with Crippen LogP contribution in [0.15, 0.2) is 29.1 Å². The van der Waals surface area contributed by atoms with E-state index in [-0.39, 0.29) is 29.2 Å². The number of piperidine rings is 1. The lowest BCUT2D eigenvalue weighted by Crippen LogP contribution is -2.51. The molecule has 1 aliphatic heterocycles. The Labute approximate surface area is 164 Å². The number of esters is 1. The molecular formula is C21H27N3O4. The molecule has 3 rings (SSSR count). The van der Waals surface area contributed by atoms with Crippen LogP contribution in [0, 0.1) is 0 Å². The third-order valence-electron chi connectivity index (χ3n) is 5.44. The maximum absolute atomic E-state index is 12.9. The average molecular weight is 385 g/mol. The van der Waals surface area contributed by atoms with Gasteiger partial charge in [-0.2, -0.15) is 5.10 Å². The van der Waals surface area contributed by atoms with Crippen LogP contribution in [0.3, 0.4) is 0 Å². The molecule has 0 aliphatic carbocycles. The largest absolute Gasteiger partial charge is 0.448 e. The van der Waals surface area contributed by atoms with Crippen molar-refractivity contribution in [1.29, 1.82) is 0 Å². The van der Waals surface area contributed by atoms with Crippen molar-refractivity contribution >= 4 is 22.6 Å². The Morgan fingerprint density at radius 2 is 1.79 bits per heavy atom. The van der Waals surface area contributed by atoms with E-state index in [2.05, 4.69) is 5.10 Å². The highest BCUT2D eigenvalue weighted by atomic mass is 16.5. The van der Waals surface area contributed by atoms with E-state index >= 15 is 0 Å². The first-order valence-corrected chi connectivity index (χ1v) is 9.88. The highest BCUT2D eigenvalue weighted by Crippen LogP contribution is 2.24. The van der Waals surface area contributed by atoms with Gasteiger partial charge in [0.25, 0.3) is 11.5 Å². The van der Waals surface area contributed by atoms with E-state index in [4.69, 9.17) is 4.74 Å². The molecule has 1 aromatic heterocycles. The van der Waals surface area contributed by atoms with Gasteiger partial charge in [0.2, 0.25) is 0 Å². The van der Waals surface area contributed by atoms with Crippen LogP contribution in [0.25, 0.3) is 10.8 Å². The molecule has 3 atom stereocenters. The van der Waals surface area contributed by atoms with Gasteiger partial charge >= 0.3 is 5.97 Å². The molecule has 7 nitrogen and oxygen atoms in total. The van der Waals surface area contributed by atoms with Crippen LogP contribution in [0.1, 0.15) is 57.4 Å². The zero-order valence-electron chi connectivity index (χ0n) is 16.8. The maximum atomic E-state index is 12.9. The van der Waals surface area contributed by atoms with Gasteiger partial charge in [0.1, 0.15) is 0 Å². The fourth-order valence-corrected chi connectivity index (χ4v) is 3.93. The SMILES string of the molecule is CCn1nc(C(=O)O[C@H](C)C(=O)N2[C@@H](C)CCC[C@@H]2C)c2ccccc2c1=O. The van der Waals surface area contributed by atoms with Gasteiger partial charge in [-0.1, -0.05) is 18.2 Å². The minimum atomic E-state index is -0.918. The Morgan fingerprint density at radius 3 is 2.39 bits per heavy atom. The van der Waals surface area contributed by atoms with Crippen LogP contribution in [-0.4, -0.2) is 44.7 Å². The number of likely N-dealkylation sites (tertiary alicyclic amines) is 1. The molecule has 0 bridgehead atoms. The Balaban J connectivity index is 1.88. The zero-order chi connectivity index (χ0) is 20.4. The second-order valence-corrected chi connectivity index (χ2v) is 7.44. The molecule has 2 heterocycles. The van der Waals surface area contributed by atoms with Crippen LogP contribution in [0.5, 0.6) is 0 Å². The number of ether oxygens (including phenoxy) is 1. The Bertz CT molecular complexity index is 942. The number of aryl methyl sites for hydroxylation is 1. The van der Waals surface area contributed by atoms with Crippen molar-refractivity contribution in [2.45, 2.75) is 71.7 Å². The smallest absolute Gasteiger partial charge is 0.360 e. The van der Waals surface area contributed by atoms with Crippen LogP contribution in [0.4, 0.5) is 0 Å². The van der Waals surface area contributed by atoms with Crippen LogP contribution >= 0.6 is 0 Å². The summed E-state index contributed by atoms with van der Waals surface area (Å²) in [6, 6.07) is 7.05. The lowest BCUT2D eigenvalue weighted by molar-refractivity contribution is -0.146. The first-order chi connectivity index (χ1) is 13.3. The summed E-state index contributed by atoms with van der Waals surface area (Å²) in [7, 11) is 0. The molecule has 1 fully saturated rings. The number of carbonyl (C=O) groups excluding carboxylic acids is 2. The second-order valence-electron chi connectivity index (χ2n) is 7.44. The highest BCUT2D eigenvalue weighted by Gasteiger charge is 2.33. The lowest BCUT2D eigenvalue weighted by atomic mass is 9.97. The number of aromatic nitrogens is 2. The number of amides is 1. The quantitative estimate of drug-likeness (QED) is 0.756. The molecule has 150 valence electrons. The summed E-state index contributed by atoms with van der Waals surface area (Å²) >= 11 is 0. The summed E-state index contributed by atoms with van der Waals surface area (Å²) in [5, 5.41) is 5.02. The molecule has 1 amide bonds. The minimum absolute atomic E-state index is 0.0523. The summed E-state index contributed by atoms with van der Waals surface area (Å²) < 4.78 is 6.72. The molecular weight excluding hydrogens is 358 g/mol. The zero-order valence-corrected chi connectivity index (χ0v) is 16.8. The monoisotopic (exact) mass is 385 g/mol. The fourth-order valence-electron chi connectivity index (χ4n) is 3.93. The highest BCUT2D eigenvalue weighted by molar-refractivity contribution is 6.02. The molecule has 2 aromatic rings. The van der Waals surface area contributed by atoms with Crippen LogP contribution < -0.4 is 5.56 Å². The number of hydrogen-bond donors (Lipinski definition) is 0.